The quantitative estimate of drug-likeness (QED) is 0.710. The Morgan fingerprint density at radius 3 is 2.38 bits per heavy atom. The zero-order valence-corrected chi connectivity index (χ0v) is 7.19. The van der Waals surface area contributed by atoms with E-state index in [9.17, 15) is 0 Å². The summed E-state index contributed by atoms with van der Waals surface area (Å²) < 4.78 is 0. The van der Waals surface area contributed by atoms with Crippen molar-refractivity contribution in [3.8, 4) is 22.6 Å². The summed E-state index contributed by atoms with van der Waals surface area (Å²) in [4.78, 5) is 11.4. The normalized spacial score (nSPS) is 10.2. The molecule has 0 aliphatic heterocycles. The summed E-state index contributed by atoms with van der Waals surface area (Å²) >= 11 is 1.34. The van der Waals surface area contributed by atoms with Crippen molar-refractivity contribution in [2.45, 2.75) is 0 Å². The molecule has 66 valence electrons. The van der Waals surface area contributed by atoms with Crippen molar-refractivity contribution in [2.75, 3.05) is 0 Å². The molecule has 2 aromatic rings. The first kappa shape index (κ1) is 7.93. The van der Waals surface area contributed by atoms with Crippen LogP contribution in [0.4, 0.5) is 0 Å². The van der Waals surface area contributed by atoms with E-state index >= 15 is 0 Å². The van der Waals surface area contributed by atoms with Crippen LogP contribution in [0.15, 0.2) is 17.6 Å². The Morgan fingerprint density at radius 1 is 1.15 bits per heavy atom. The second kappa shape index (κ2) is 2.98. The first-order valence-corrected chi connectivity index (χ1v) is 4.30. The van der Waals surface area contributed by atoms with Crippen LogP contribution in [0.3, 0.4) is 0 Å². The van der Waals surface area contributed by atoms with Crippen molar-refractivity contribution in [1.82, 2.24) is 15.0 Å². The van der Waals surface area contributed by atoms with Crippen LogP contribution in [-0.4, -0.2) is 25.2 Å². The van der Waals surface area contributed by atoms with Gasteiger partial charge in [-0.25, -0.2) is 4.98 Å². The Hall–Kier alpha value is -1.69. The van der Waals surface area contributed by atoms with Gasteiger partial charge >= 0.3 is 0 Å². The fraction of sp³-hybridized carbons (Fsp3) is 0. The summed E-state index contributed by atoms with van der Waals surface area (Å²) in [5.41, 5.74) is 0. The summed E-state index contributed by atoms with van der Waals surface area (Å²) in [5.74, 6) is -0.303. The first-order chi connectivity index (χ1) is 6.25. The maximum absolute atomic E-state index is 9.06. The zero-order chi connectivity index (χ0) is 9.26. The first-order valence-electron chi connectivity index (χ1n) is 3.42. The Bertz CT molecular complexity index is 395. The van der Waals surface area contributed by atoms with Crippen LogP contribution in [0.1, 0.15) is 0 Å². The highest BCUT2D eigenvalue weighted by Crippen LogP contribution is 2.22. The van der Waals surface area contributed by atoms with Crippen molar-refractivity contribution >= 4 is 11.3 Å². The Morgan fingerprint density at radius 2 is 1.85 bits per heavy atom. The third kappa shape index (κ3) is 1.57. The molecule has 0 radical (unpaired) electrons. The van der Waals surface area contributed by atoms with Gasteiger partial charge in [-0.15, -0.1) is 11.3 Å². The lowest BCUT2D eigenvalue weighted by Crippen LogP contribution is -1.87. The van der Waals surface area contributed by atoms with Gasteiger partial charge in [0.25, 0.3) is 0 Å². The van der Waals surface area contributed by atoms with E-state index in [2.05, 4.69) is 15.0 Å². The van der Waals surface area contributed by atoms with Gasteiger partial charge in [0, 0.05) is 11.6 Å². The van der Waals surface area contributed by atoms with Gasteiger partial charge < -0.3 is 10.2 Å². The van der Waals surface area contributed by atoms with Crippen LogP contribution in [0.5, 0.6) is 11.8 Å². The Kier molecular flexibility index (Phi) is 1.82. The summed E-state index contributed by atoms with van der Waals surface area (Å²) in [5, 5.41) is 20.4. The molecule has 0 unspecified atom stereocenters. The molecule has 2 heterocycles. The largest absolute Gasteiger partial charge is 0.493 e. The standard InChI is InChI=1S/C7H5N3O2S/c11-4-3-5(12)10-6(9-4)7-8-1-2-13-7/h1-3H,(H2,9,10,11,12). The van der Waals surface area contributed by atoms with Crippen LogP contribution in [0, 0.1) is 0 Å². The molecule has 0 aromatic carbocycles. The van der Waals surface area contributed by atoms with E-state index in [-0.39, 0.29) is 17.6 Å². The summed E-state index contributed by atoms with van der Waals surface area (Å²) in [6, 6.07) is 1.07. The minimum atomic E-state index is -0.266. The number of hydrogen-bond acceptors (Lipinski definition) is 6. The summed E-state index contributed by atoms with van der Waals surface area (Å²) in [7, 11) is 0. The van der Waals surface area contributed by atoms with E-state index in [0.29, 0.717) is 5.01 Å². The number of aromatic hydroxyl groups is 2. The van der Waals surface area contributed by atoms with Crippen molar-refractivity contribution in [3.63, 3.8) is 0 Å². The number of rotatable bonds is 1. The van der Waals surface area contributed by atoms with E-state index < -0.39 is 0 Å². The molecule has 2 rings (SSSR count). The van der Waals surface area contributed by atoms with Gasteiger partial charge in [-0.1, -0.05) is 0 Å². The highest BCUT2D eigenvalue weighted by Gasteiger charge is 2.06. The molecule has 6 heteroatoms. The maximum Gasteiger partial charge on any atom is 0.218 e. The number of nitrogens with zero attached hydrogens (tertiary/aromatic N) is 3. The molecule has 2 aromatic heterocycles. The van der Waals surface area contributed by atoms with Crippen LogP contribution in [0.25, 0.3) is 10.8 Å². The third-order valence-electron chi connectivity index (χ3n) is 1.32. The average molecular weight is 195 g/mol. The van der Waals surface area contributed by atoms with E-state index in [0.717, 1.165) is 6.07 Å². The zero-order valence-electron chi connectivity index (χ0n) is 6.38. The van der Waals surface area contributed by atoms with Gasteiger partial charge in [0.1, 0.15) is 0 Å². The van der Waals surface area contributed by atoms with Gasteiger partial charge in [0.05, 0.1) is 6.07 Å². The number of hydrogen-bond donors (Lipinski definition) is 2. The highest BCUT2D eigenvalue weighted by molar-refractivity contribution is 7.12. The Balaban J connectivity index is 2.53. The molecule has 0 fully saturated rings. The monoisotopic (exact) mass is 195 g/mol. The van der Waals surface area contributed by atoms with Crippen LogP contribution in [0.2, 0.25) is 0 Å². The molecule has 0 amide bonds. The lowest BCUT2D eigenvalue weighted by atomic mass is 10.5. The molecule has 0 saturated carbocycles. The van der Waals surface area contributed by atoms with E-state index in [1.165, 1.54) is 11.3 Å². The summed E-state index contributed by atoms with van der Waals surface area (Å²) in [6.07, 6.45) is 1.60. The third-order valence-corrected chi connectivity index (χ3v) is 2.09. The lowest BCUT2D eigenvalue weighted by Gasteiger charge is -1.96. The Labute approximate surface area is 77.4 Å². The van der Waals surface area contributed by atoms with Crippen molar-refractivity contribution in [2.24, 2.45) is 0 Å². The van der Waals surface area contributed by atoms with Crippen LogP contribution >= 0.6 is 11.3 Å². The number of thiazole rings is 1. The van der Waals surface area contributed by atoms with E-state index in [1.54, 1.807) is 11.6 Å². The van der Waals surface area contributed by atoms with Crippen LogP contribution < -0.4 is 0 Å². The molecule has 0 aliphatic carbocycles. The minimum absolute atomic E-state index is 0.229. The topological polar surface area (TPSA) is 79.1 Å². The predicted molar refractivity (Wildman–Crippen MR) is 46.5 cm³/mol. The molecule has 13 heavy (non-hydrogen) atoms. The molecule has 0 aliphatic rings. The second-order valence-electron chi connectivity index (χ2n) is 2.25. The van der Waals surface area contributed by atoms with Gasteiger partial charge in [0.2, 0.25) is 11.8 Å². The fourth-order valence-electron chi connectivity index (χ4n) is 0.852. The summed E-state index contributed by atoms with van der Waals surface area (Å²) in [6.45, 7) is 0. The van der Waals surface area contributed by atoms with Crippen molar-refractivity contribution in [3.05, 3.63) is 17.6 Å². The molecule has 0 spiro atoms. The molecular weight excluding hydrogens is 190 g/mol. The van der Waals surface area contributed by atoms with Crippen molar-refractivity contribution < 1.29 is 10.2 Å². The maximum atomic E-state index is 9.06. The van der Waals surface area contributed by atoms with Gasteiger partial charge in [-0.3, -0.25) is 0 Å². The minimum Gasteiger partial charge on any atom is -0.493 e. The average Bonchev–Trinajstić information content (AvgIpc) is 2.53. The lowest BCUT2D eigenvalue weighted by molar-refractivity contribution is 0.423. The molecule has 2 N–H and O–H groups in total. The van der Waals surface area contributed by atoms with Gasteiger partial charge in [-0.2, -0.15) is 9.97 Å². The molecule has 0 atom stereocenters. The second-order valence-corrected chi connectivity index (χ2v) is 3.14. The highest BCUT2D eigenvalue weighted by atomic mass is 32.1. The van der Waals surface area contributed by atoms with Crippen LogP contribution in [-0.2, 0) is 0 Å². The molecule has 5 nitrogen and oxygen atoms in total. The predicted octanol–water partition coefficient (Wildman–Crippen LogP) is 1.01. The SMILES string of the molecule is Oc1cc(O)nc(-c2nccs2)n1. The van der Waals surface area contributed by atoms with Gasteiger partial charge in [-0.05, 0) is 0 Å². The van der Waals surface area contributed by atoms with E-state index in [1.807, 2.05) is 0 Å². The molecule has 0 saturated heterocycles. The fourth-order valence-corrected chi connectivity index (χ4v) is 1.42. The van der Waals surface area contributed by atoms with E-state index in [4.69, 9.17) is 10.2 Å². The van der Waals surface area contributed by atoms with Crippen molar-refractivity contribution in [1.29, 1.82) is 0 Å². The number of aromatic nitrogens is 3. The van der Waals surface area contributed by atoms with Gasteiger partial charge in [0.15, 0.2) is 10.8 Å². The smallest absolute Gasteiger partial charge is 0.218 e. The molecular formula is C7H5N3O2S. The molecule has 0 bridgehead atoms.